The summed E-state index contributed by atoms with van der Waals surface area (Å²) in [6.45, 7) is 1.56. The summed E-state index contributed by atoms with van der Waals surface area (Å²) in [6.07, 6.45) is 5.80. The summed E-state index contributed by atoms with van der Waals surface area (Å²) in [7, 11) is 0. The van der Waals surface area contributed by atoms with Crippen LogP contribution < -0.4 is 11.1 Å². The summed E-state index contributed by atoms with van der Waals surface area (Å²) in [5.74, 6) is 1.33. The van der Waals surface area contributed by atoms with Crippen molar-refractivity contribution < 1.29 is 0 Å². The zero-order valence-corrected chi connectivity index (χ0v) is 14.3. The minimum atomic E-state index is 0. The van der Waals surface area contributed by atoms with E-state index in [2.05, 4.69) is 33.5 Å². The van der Waals surface area contributed by atoms with Crippen molar-refractivity contribution in [3.63, 3.8) is 0 Å². The van der Waals surface area contributed by atoms with Crippen molar-refractivity contribution >= 4 is 40.8 Å². The van der Waals surface area contributed by atoms with E-state index >= 15 is 0 Å². The fourth-order valence-electron chi connectivity index (χ4n) is 2.40. The molecular formula is C16H21IN4. The van der Waals surface area contributed by atoms with Gasteiger partial charge in [0.25, 0.3) is 0 Å². The van der Waals surface area contributed by atoms with Gasteiger partial charge in [-0.05, 0) is 42.5 Å². The molecule has 1 aromatic carbocycles. The monoisotopic (exact) mass is 396 g/mol. The van der Waals surface area contributed by atoms with Gasteiger partial charge in [-0.3, -0.25) is 4.98 Å². The van der Waals surface area contributed by atoms with Crippen LogP contribution in [0.4, 0.5) is 0 Å². The third kappa shape index (κ3) is 4.30. The second kappa shape index (κ2) is 7.59. The number of rotatable bonds is 4. The summed E-state index contributed by atoms with van der Waals surface area (Å²) in [6, 6.07) is 10.2. The molecule has 3 N–H and O–H groups in total. The molecule has 5 heteroatoms. The number of hydrogen-bond acceptors (Lipinski definition) is 2. The minimum Gasteiger partial charge on any atom is -0.370 e. The van der Waals surface area contributed by atoms with E-state index in [0.717, 1.165) is 28.9 Å². The number of aliphatic imine (C=N–C) groups is 1. The topological polar surface area (TPSA) is 63.3 Å². The Labute approximate surface area is 142 Å². The largest absolute Gasteiger partial charge is 0.370 e. The van der Waals surface area contributed by atoms with Gasteiger partial charge in [0, 0.05) is 18.1 Å². The van der Waals surface area contributed by atoms with Gasteiger partial charge in [0.1, 0.15) is 0 Å². The molecule has 21 heavy (non-hydrogen) atoms. The molecule has 1 saturated carbocycles. The number of aromatic nitrogens is 1. The maximum atomic E-state index is 5.89. The zero-order valence-electron chi connectivity index (χ0n) is 12.0. The highest BCUT2D eigenvalue weighted by molar-refractivity contribution is 14.0. The summed E-state index contributed by atoms with van der Waals surface area (Å²) in [4.78, 5) is 8.70. The third-order valence-electron chi connectivity index (χ3n) is 3.90. The van der Waals surface area contributed by atoms with Gasteiger partial charge in [-0.1, -0.05) is 18.6 Å². The van der Waals surface area contributed by atoms with E-state index in [-0.39, 0.29) is 24.0 Å². The predicted octanol–water partition coefficient (Wildman–Crippen LogP) is 3.06. The molecule has 0 unspecified atom stereocenters. The summed E-state index contributed by atoms with van der Waals surface area (Å²) < 4.78 is 0. The average Bonchev–Trinajstić information content (AvgIpc) is 2.43. The van der Waals surface area contributed by atoms with Gasteiger partial charge < -0.3 is 11.1 Å². The lowest BCUT2D eigenvalue weighted by Crippen LogP contribution is -2.37. The molecule has 1 fully saturated rings. The van der Waals surface area contributed by atoms with E-state index in [1.807, 2.05) is 18.3 Å². The first-order valence-corrected chi connectivity index (χ1v) is 7.19. The number of fused-ring (bicyclic) bond motifs is 1. The molecule has 0 spiro atoms. The van der Waals surface area contributed by atoms with Crippen molar-refractivity contribution in [2.75, 3.05) is 6.54 Å². The number of nitrogens with zero attached hydrogens (tertiary/aromatic N) is 2. The summed E-state index contributed by atoms with van der Waals surface area (Å²) in [5.41, 5.74) is 8.05. The molecule has 1 aromatic heterocycles. The maximum absolute atomic E-state index is 5.89. The lowest BCUT2D eigenvalue weighted by atomic mass is 9.85. The lowest BCUT2D eigenvalue weighted by Gasteiger charge is -2.25. The molecule has 2 aromatic rings. The number of guanidine groups is 1. The van der Waals surface area contributed by atoms with Crippen LogP contribution in [0.15, 0.2) is 41.5 Å². The Kier molecular flexibility index (Phi) is 5.78. The predicted molar refractivity (Wildman–Crippen MR) is 97.8 cm³/mol. The smallest absolute Gasteiger partial charge is 0.188 e. The molecule has 1 aliphatic rings. The normalized spacial score (nSPS) is 15.3. The van der Waals surface area contributed by atoms with E-state index in [1.165, 1.54) is 19.3 Å². The Hall–Kier alpha value is -1.37. The van der Waals surface area contributed by atoms with Gasteiger partial charge in [-0.15, -0.1) is 24.0 Å². The molecule has 4 nitrogen and oxygen atoms in total. The molecule has 0 aliphatic heterocycles. The number of halogens is 1. The van der Waals surface area contributed by atoms with Crippen LogP contribution in [0.25, 0.3) is 10.9 Å². The van der Waals surface area contributed by atoms with Gasteiger partial charge in [0.2, 0.25) is 0 Å². The first-order chi connectivity index (χ1) is 9.81. The highest BCUT2D eigenvalue weighted by Gasteiger charge is 2.16. The first kappa shape index (κ1) is 16.0. The molecule has 0 atom stereocenters. The van der Waals surface area contributed by atoms with Crippen molar-refractivity contribution in [1.29, 1.82) is 0 Å². The molecule has 0 bridgehead atoms. The van der Waals surface area contributed by atoms with Gasteiger partial charge in [-0.25, -0.2) is 4.99 Å². The number of pyridine rings is 1. The van der Waals surface area contributed by atoms with Crippen LogP contribution in [0.1, 0.15) is 24.8 Å². The Bertz CT molecular complexity index is 622. The van der Waals surface area contributed by atoms with Crippen molar-refractivity contribution in [1.82, 2.24) is 10.3 Å². The van der Waals surface area contributed by atoms with E-state index in [1.54, 1.807) is 0 Å². The number of nitrogens with two attached hydrogens (primary N) is 1. The number of hydrogen-bond donors (Lipinski definition) is 2. The molecule has 1 heterocycles. The zero-order chi connectivity index (χ0) is 13.8. The average molecular weight is 396 g/mol. The van der Waals surface area contributed by atoms with E-state index in [4.69, 9.17) is 5.73 Å². The van der Waals surface area contributed by atoms with Gasteiger partial charge in [0.15, 0.2) is 5.96 Å². The molecular weight excluding hydrogens is 375 g/mol. The van der Waals surface area contributed by atoms with Crippen LogP contribution in [0.3, 0.4) is 0 Å². The molecule has 0 radical (unpaired) electrons. The number of nitrogens with one attached hydrogen (secondary N) is 1. The second-order valence-corrected chi connectivity index (χ2v) is 5.41. The van der Waals surface area contributed by atoms with E-state index in [0.29, 0.717) is 12.5 Å². The van der Waals surface area contributed by atoms with Gasteiger partial charge in [0.05, 0.1) is 12.1 Å². The molecule has 0 amide bonds. The van der Waals surface area contributed by atoms with Gasteiger partial charge >= 0.3 is 0 Å². The van der Waals surface area contributed by atoms with Crippen molar-refractivity contribution in [2.24, 2.45) is 16.6 Å². The van der Waals surface area contributed by atoms with Gasteiger partial charge in [-0.2, -0.15) is 0 Å². The van der Waals surface area contributed by atoms with E-state index in [9.17, 15) is 0 Å². The second-order valence-electron chi connectivity index (χ2n) is 5.41. The van der Waals surface area contributed by atoms with Crippen LogP contribution in [-0.2, 0) is 6.54 Å². The van der Waals surface area contributed by atoms with Crippen LogP contribution >= 0.6 is 24.0 Å². The highest BCUT2D eigenvalue weighted by Crippen LogP contribution is 2.25. The number of benzene rings is 1. The Morgan fingerprint density at radius 2 is 2.19 bits per heavy atom. The first-order valence-electron chi connectivity index (χ1n) is 7.19. The van der Waals surface area contributed by atoms with Crippen LogP contribution in [-0.4, -0.2) is 17.5 Å². The Morgan fingerprint density at radius 3 is 2.95 bits per heavy atom. The molecule has 1 aliphatic carbocycles. The minimum absolute atomic E-state index is 0. The maximum Gasteiger partial charge on any atom is 0.188 e. The molecule has 112 valence electrons. The SMILES string of the molecule is I.NC(=NCc1ccc2ncccc2c1)NCC1CCC1. The van der Waals surface area contributed by atoms with E-state index < -0.39 is 0 Å². The fourth-order valence-corrected chi connectivity index (χ4v) is 2.40. The van der Waals surface area contributed by atoms with Crippen LogP contribution in [0.5, 0.6) is 0 Å². The fraction of sp³-hybridized carbons (Fsp3) is 0.375. The quantitative estimate of drug-likeness (QED) is 0.475. The standard InChI is InChI=1S/C16H20N4.HI/c17-16(19-10-12-3-1-4-12)20-11-13-6-7-15-14(9-13)5-2-8-18-15;/h2,5-9,12H,1,3-4,10-11H2,(H3,17,19,20);1H. The lowest BCUT2D eigenvalue weighted by molar-refractivity contribution is 0.315. The summed E-state index contributed by atoms with van der Waals surface area (Å²) in [5, 5.41) is 4.35. The molecule has 3 rings (SSSR count). The van der Waals surface area contributed by atoms with Crippen molar-refractivity contribution in [2.45, 2.75) is 25.8 Å². The molecule has 0 saturated heterocycles. The third-order valence-corrected chi connectivity index (χ3v) is 3.90. The van der Waals surface area contributed by atoms with Crippen molar-refractivity contribution in [3.8, 4) is 0 Å². The summed E-state index contributed by atoms with van der Waals surface area (Å²) >= 11 is 0. The highest BCUT2D eigenvalue weighted by atomic mass is 127. The Morgan fingerprint density at radius 1 is 1.33 bits per heavy atom. The van der Waals surface area contributed by atoms with Crippen LogP contribution in [0.2, 0.25) is 0 Å². The van der Waals surface area contributed by atoms with Crippen LogP contribution in [0, 0.1) is 5.92 Å². The van der Waals surface area contributed by atoms with Crippen molar-refractivity contribution in [3.05, 3.63) is 42.1 Å². The Balaban J connectivity index is 0.00000161.